The molecule has 4 rings (SSSR count). The molecule has 1 heterocycles. The maximum Gasteiger partial charge on any atom is 0.240 e. The van der Waals surface area contributed by atoms with E-state index in [1.807, 2.05) is 13.8 Å². The number of benzene rings is 2. The molecule has 1 fully saturated rings. The summed E-state index contributed by atoms with van der Waals surface area (Å²) < 4.78 is 51.0. The van der Waals surface area contributed by atoms with Crippen LogP contribution in [0.1, 0.15) is 37.8 Å². The molecule has 2 aromatic rings. The Balaban J connectivity index is 1.47. The first-order valence-corrected chi connectivity index (χ1v) is 13.5. The van der Waals surface area contributed by atoms with Gasteiger partial charge in [0.15, 0.2) is 0 Å². The van der Waals surface area contributed by atoms with Gasteiger partial charge in [-0.15, -0.1) is 0 Å². The molecule has 0 radical (unpaired) electrons. The van der Waals surface area contributed by atoms with Gasteiger partial charge in [-0.1, -0.05) is 26.0 Å². The number of fused-ring (bicyclic) bond motifs is 1. The van der Waals surface area contributed by atoms with Crippen molar-refractivity contribution >= 4 is 31.6 Å². The zero-order valence-electron chi connectivity index (χ0n) is 18.0. The molecule has 1 aliphatic heterocycles. The van der Waals surface area contributed by atoms with Crippen LogP contribution in [0.5, 0.6) is 0 Å². The molecule has 1 saturated carbocycles. The van der Waals surface area contributed by atoms with Gasteiger partial charge in [0.05, 0.1) is 9.79 Å². The van der Waals surface area contributed by atoms with Crippen LogP contribution in [0.25, 0.3) is 0 Å². The Morgan fingerprint density at radius 1 is 1.06 bits per heavy atom. The van der Waals surface area contributed by atoms with E-state index in [1.54, 1.807) is 29.2 Å². The molecule has 0 spiro atoms. The van der Waals surface area contributed by atoms with E-state index in [9.17, 15) is 21.6 Å². The minimum atomic E-state index is -3.76. The Kier molecular flexibility index (Phi) is 5.69. The van der Waals surface area contributed by atoms with Gasteiger partial charge in [-0.3, -0.25) is 4.79 Å². The van der Waals surface area contributed by atoms with Crippen molar-refractivity contribution < 1.29 is 21.6 Å². The van der Waals surface area contributed by atoms with Crippen LogP contribution in [0.3, 0.4) is 0 Å². The zero-order chi connectivity index (χ0) is 23.3. The molecule has 0 atom stereocenters. The number of amides is 1. The Labute approximate surface area is 188 Å². The van der Waals surface area contributed by atoms with Crippen LogP contribution in [0.15, 0.2) is 52.3 Å². The number of nitrogens with two attached hydrogens (primary N) is 1. The van der Waals surface area contributed by atoms with Crippen LogP contribution >= 0.6 is 0 Å². The summed E-state index contributed by atoms with van der Waals surface area (Å²) in [5, 5.41) is 5.09. The number of carbonyl (C=O) groups excluding carboxylic acids is 1. The van der Waals surface area contributed by atoms with Gasteiger partial charge < -0.3 is 4.90 Å². The first-order valence-electron chi connectivity index (χ1n) is 10.5. The van der Waals surface area contributed by atoms with E-state index < -0.39 is 20.0 Å². The molecule has 10 heteroatoms. The number of anilines is 1. The highest BCUT2D eigenvalue weighted by Gasteiger charge is 2.43. The molecular formula is C22H27N3O5S2. The molecule has 1 amide bonds. The van der Waals surface area contributed by atoms with Crippen molar-refractivity contribution in [2.75, 3.05) is 18.0 Å². The van der Waals surface area contributed by atoms with E-state index in [4.69, 9.17) is 5.14 Å². The van der Waals surface area contributed by atoms with E-state index in [2.05, 4.69) is 4.72 Å². The molecule has 0 aromatic heterocycles. The summed E-state index contributed by atoms with van der Waals surface area (Å²) in [6.45, 7) is 4.73. The molecule has 3 N–H and O–H groups in total. The van der Waals surface area contributed by atoms with Crippen molar-refractivity contribution in [1.29, 1.82) is 0 Å². The highest BCUT2D eigenvalue weighted by atomic mass is 32.2. The Hall–Kier alpha value is -2.27. The van der Waals surface area contributed by atoms with Gasteiger partial charge in [-0.2, -0.15) is 0 Å². The lowest BCUT2D eigenvalue weighted by molar-refractivity contribution is -0.119. The van der Waals surface area contributed by atoms with E-state index in [0.717, 1.165) is 29.7 Å². The van der Waals surface area contributed by atoms with Crippen LogP contribution in [0, 0.1) is 5.92 Å². The van der Waals surface area contributed by atoms with Crippen LogP contribution in [0.4, 0.5) is 5.69 Å². The lowest BCUT2D eigenvalue weighted by Crippen LogP contribution is -2.34. The lowest BCUT2D eigenvalue weighted by Gasteiger charge is -2.20. The standard InChI is InChI=1S/C22H27N3O5S2/c1-22(2)14-25(21(26)16-5-6-16)20-10-9-18(13-19(20)22)32(29,30)24-12-11-15-3-7-17(8-4-15)31(23,27)28/h3-4,7-10,13,16,24H,5-6,11-12,14H2,1-2H3,(H2,23,27,28). The molecule has 2 aliphatic rings. The van der Waals surface area contributed by atoms with E-state index in [1.165, 1.54) is 18.2 Å². The fourth-order valence-electron chi connectivity index (χ4n) is 4.03. The first-order chi connectivity index (χ1) is 14.9. The van der Waals surface area contributed by atoms with Crippen molar-refractivity contribution in [2.24, 2.45) is 11.1 Å². The second kappa shape index (κ2) is 7.95. The van der Waals surface area contributed by atoms with Gasteiger partial charge in [-0.25, -0.2) is 26.7 Å². The molecule has 2 aromatic carbocycles. The van der Waals surface area contributed by atoms with Gasteiger partial charge in [0.25, 0.3) is 0 Å². The Morgan fingerprint density at radius 2 is 1.69 bits per heavy atom. The fourth-order valence-corrected chi connectivity index (χ4v) is 5.60. The Bertz CT molecular complexity index is 1270. The Morgan fingerprint density at radius 3 is 2.28 bits per heavy atom. The topological polar surface area (TPSA) is 127 Å². The third-order valence-electron chi connectivity index (χ3n) is 6.00. The number of sulfonamides is 2. The summed E-state index contributed by atoms with van der Waals surface area (Å²) in [6, 6.07) is 10.9. The summed E-state index contributed by atoms with van der Waals surface area (Å²) in [7, 11) is -7.51. The van der Waals surface area contributed by atoms with Gasteiger partial charge >= 0.3 is 0 Å². The summed E-state index contributed by atoms with van der Waals surface area (Å²) in [5.74, 6) is 0.222. The number of hydrogen-bond donors (Lipinski definition) is 2. The second-order valence-electron chi connectivity index (χ2n) is 9.10. The zero-order valence-corrected chi connectivity index (χ0v) is 19.7. The van der Waals surface area contributed by atoms with Crippen molar-refractivity contribution in [3.63, 3.8) is 0 Å². The number of hydrogen-bond acceptors (Lipinski definition) is 5. The molecule has 8 nitrogen and oxygen atoms in total. The summed E-state index contributed by atoms with van der Waals surface area (Å²) in [6.07, 6.45) is 2.24. The van der Waals surface area contributed by atoms with E-state index in [0.29, 0.717) is 13.0 Å². The highest BCUT2D eigenvalue weighted by Crippen LogP contribution is 2.44. The van der Waals surface area contributed by atoms with Crippen LogP contribution in [0.2, 0.25) is 0 Å². The number of nitrogens with zero attached hydrogens (tertiary/aromatic N) is 1. The average molecular weight is 478 g/mol. The maximum atomic E-state index is 12.9. The van der Waals surface area contributed by atoms with E-state index in [-0.39, 0.29) is 33.6 Å². The smallest absolute Gasteiger partial charge is 0.240 e. The molecule has 32 heavy (non-hydrogen) atoms. The lowest BCUT2D eigenvalue weighted by atomic mass is 9.87. The minimum Gasteiger partial charge on any atom is -0.311 e. The van der Waals surface area contributed by atoms with Crippen molar-refractivity contribution in [2.45, 2.75) is 48.3 Å². The predicted octanol–water partition coefficient (Wildman–Crippen LogP) is 1.89. The summed E-state index contributed by atoms with van der Waals surface area (Å²) in [5.41, 5.74) is 2.09. The van der Waals surface area contributed by atoms with Gasteiger partial charge in [-0.05, 0) is 60.7 Å². The quantitative estimate of drug-likeness (QED) is 0.630. The SMILES string of the molecule is CC1(C)CN(C(=O)C2CC2)c2ccc(S(=O)(=O)NCCc3ccc(S(N)(=O)=O)cc3)cc21. The van der Waals surface area contributed by atoms with Crippen LogP contribution in [-0.4, -0.2) is 35.8 Å². The third-order valence-corrected chi connectivity index (χ3v) is 8.39. The van der Waals surface area contributed by atoms with Crippen molar-refractivity contribution in [3.8, 4) is 0 Å². The van der Waals surface area contributed by atoms with Crippen molar-refractivity contribution in [1.82, 2.24) is 4.72 Å². The highest BCUT2D eigenvalue weighted by molar-refractivity contribution is 7.89. The van der Waals surface area contributed by atoms with Gasteiger partial charge in [0.2, 0.25) is 26.0 Å². The average Bonchev–Trinajstić information content (AvgIpc) is 3.52. The summed E-state index contributed by atoms with van der Waals surface area (Å²) in [4.78, 5) is 14.6. The molecule has 172 valence electrons. The third kappa shape index (κ3) is 4.59. The molecule has 0 unspecified atom stereocenters. The molecule has 0 bridgehead atoms. The van der Waals surface area contributed by atoms with Crippen molar-refractivity contribution in [3.05, 3.63) is 53.6 Å². The normalized spacial score (nSPS) is 17.9. The number of nitrogens with one attached hydrogen (secondary N) is 1. The van der Waals surface area contributed by atoms with Crippen LogP contribution < -0.4 is 14.8 Å². The second-order valence-corrected chi connectivity index (χ2v) is 12.4. The van der Waals surface area contributed by atoms with Crippen LogP contribution in [-0.2, 0) is 36.7 Å². The van der Waals surface area contributed by atoms with E-state index >= 15 is 0 Å². The monoisotopic (exact) mass is 477 g/mol. The maximum absolute atomic E-state index is 12.9. The first kappa shape index (κ1) is 22.9. The van der Waals surface area contributed by atoms with Gasteiger partial charge in [0.1, 0.15) is 0 Å². The minimum absolute atomic E-state index is 0.0109. The molecule has 0 saturated heterocycles. The number of carbonyl (C=O) groups is 1. The fraction of sp³-hybridized carbons (Fsp3) is 0.409. The molecular weight excluding hydrogens is 450 g/mol. The number of primary sulfonamides is 1. The molecule has 1 aliphatic carbocycles. The predicted molar refractivity (Wildman–Crippen MR) is 121 cm³/mol. The van der Waals surface area contributed by atoms with Gasteiger partial charge in [0, 0.05) is 30.1 Å². The number of rotatable bonds is 7. The largest absolute Gasteiger partial charge is 0.311 e. The summed E-state index contributed by atoms with van der Waals surface area (Å²) >= 11 is 0.